The maximum absolute atomic E-state index is 12.5. The Hall–Kier alpha value is -2.54. The van der Waals surface area contributed by atoms with Crippen LogP contribution in [0.15, 0.2) is 23.0 Å². The van der Waals surface area contributed by atoms with E-state index in [4.69, 9.17) is 9.47 Å². The average molecular weight is 359 g/mol. The summed E-state index contributed by atoms with van der Waals surface area (Å²) in [4.78, 5) is 29.5. The lowest BCUT2D eigenvalue weighted by Crippen LogP contribution is -2.33. The highest BCUT2D eigenvalue weighted by Gasteiger charge is 2.28. The maximum atomic E-state index is 12.5. The van der Waals surface area contributed by atoms with Crippen LogP contribution in [0.25, 0.3) is 10.9 Å². The highest BCUT2D eigenvalue weighted by atomic mass is 16.5. The Bertz CT molecular complexity index is 862. The van der Waals surface area contributed by atoms with Gasteiger partial charge >= 0.3 is 0 Å². The molecule has 1 atom stereocenters. The Morgan fingerprint density at radius 3 is 2.69 bits per heavy atom. The van der Waals surface area contributed by atoms with E-state index in [0.717, 1.165) is 18.4 Å². The van der Waals surface area contributed by atoms with Crippen molar-refractivity contribution in [2.24, 2.45) is 5.92 Å². The molecule has 7 heteroatoms. The minimum absolute atomic E-state index is 0.00107. The first-order valence-corrected chi connectivity index (χ1v) is 8.83. The van der Waals surface area contributed by atoms with Crippen LogP contribution in [0.4, 0.5) is 0 Å². The molecule has 1 aromatic carbocycles. The maximum Gasteiger partial charge on any atom is 0.252 e. The number of pyridine rings is 1. The zero-order valence-electron chi connectivity index (χ0n) is 15.4. The fraction of sp³-hybridized carbons (Fsp3) is 0.474. The molecule has 1 aromatic heterocycles. The predicted octanol–water partition coefficient (Wildman–Crippen LogP) is 1.50. The standard InChI is InChI=1S/C19H25N3O4/c1-4-20-18(23)12-5-6-22(10-12)11-14-7-13-8-16(25-2)17(26-3)9-15(13)21-19(14)24/h7-9,12H,4-6,10-11H2,1-3H3,(H,20,23)(H,21,24)/t12-/m1/s1. The first-order chi connectivity index (χ1) is 12.5. The predicted molar refractivity (Wildman–Crippen MR) is 99.7 cm³/mol. The zero-order chi connectivity index (χ0) is 18.7. The minimum Gasteiger partial charge on any atom is -0.493 e. The van der Waals surface area contributed by atoms with Crippen LogP contribution >= 0.6 is 0 Å². The number of methoxy groups -OCH3 is 2. The van der Waals surface area contributed by atoms with Gasteiger partial charge in [0.05, 0.1) is 25.7 Å². The van der Waals surface area contributed by atoms with Crippen LogP contribution in [0.2, 0.25) is 0 Å². The van der Waals surface area contributed by atoms with Crippen LogP contribution in [0, 0.1) is 5.92 Å². The molecular weight excluding hydrogens is 334 g/mol. The molecule has 0 spiro atoms. The number of nitrogens with one attached hydrogen (secondary N) is 2. The first kappa shape index (κ1) is 18.3. The number of likely N-dealkylation sites (tertiary alicyclic amines) is 1. The molecule has 7 nitrogen and oxygen atoms in total. The number of amides is 1. The number of aromatic amines is 1. The Morgan fingerprint density at radius 1 is 1.27 bits per heavy atom. The highest BCUT2D eigenvalue weighted by molar-refractivity contribution is 5.83. The summed E-state index contributed by atoms with van der Waals surface area (Å²) in [5, 5.41) is 3.76. The van der Waals surface area contributed by atoms with Crippen LogP contribution in [0.5, 0.6) is 11.5 Å². The van der Waals surface area contributed by atoms with Crippen molar-refractivity contribution >= 4 is 16.8 Å². The number of rotatable bonds is 6. The fourth-order valence-corrected chi connectivity index (χ4v) is 3.45. The molecule has 2 N–H and O–H groups in total. The van der Waals surface area contributed by atoms with Gasteiger partial charge in [-0.25, -0.2) is 0 Å². The second kappa shape index (κ2) is 7.78. The largest absolute Gasteiger partial charge is 0.493 e. The molecule has 2 aromatic rings. The van der Waals surface area contributed by atoms with Gasteiger partial charge in [0, 0.05) is 36.7 Å². The normalized spacial score (nSPS) is 17.4. The van der Waals surface area contributed by atoms with Gasteiger partial charge in [0.2, 0.25) is 5.91 Å². The second-order valence-electron chi connectivity index (χ2n) is 6.53. The topological polar surface area (TPSA) is 83.7 Å². The third-order valence-electron chi connectivity index (χ3n) is 4.81. The number of H-pyrrole nitrogens is 1. The van der Waals surface area contributed by atoms with Crippen molar-refractivity contribution in [2.75, 3.05) is 33.9 Å². The summed E-state index contributed by atoms with van der Waals surface area (Å²) in [6.07, 6.45) is 0.822. The molecule has 1 aliphatic heterocycles. The quantitative estimate of drug-likeness (QED) is 0.817. The molecule has 1 aliphatic rings. The third kappa shape index (κ3) is 3.67. The lowest BCUT2D eigenvalue weighted by Gasteiger charge is -2.16. The van der Waals surface area contributed by atoms with Crippen molar-refractivity contribution < 1.29 is 14.3 Å². The molecule has 1 fully saturated rings. The summed E-state index contributed by atoms with van der Waals surface area (Å²) in [6, 6.07) is 5.50. The van der Waals surface area contributed by atoms with Crippen LogP contribution in [0.3, 0.4) is 0 Å². The molecule has 0 unspecified atom stereocenters. The van der Waals surface area contributed by atoms with Crippen molar-refractivity contribution in [3.63, 3.8) is 0 Å². The molecule has 0 saturated carbocycles. The van der Waals surface area contributed by atoms with Crippen molar-refractivity contribution in [3.05, 3.63) is 34.1 Å². The molecule has 1 amide bonds. The Labute approximate surface area is 152 Å². The van der Waals surface area contributed by atoms with Gasteiger partial charge < -0.3 is 19.8 Å². The molecule has 0 radical (unpaired) electrons. The van der Waals surface area contributed by atoms with Crippen molar-refractivity contribution in [2.45, 2.75) is 19.9 Å². The minimum atomic E-state index is -0.119. The zero-order valence-corrected chi connectivity index (χ0v) is 15.4. The second-order valence-corrected chi connectivity index (χ2v) is 6.53. The van der Waals surface area contributed by atoms with E-state index >= 15 is 0 Å². The van der Waals surface area contributed by atoms with E-state index in [9.17, 15) is 9.59 Å². The monoisotopic (exact) mass is 359 g/mol. The van der Waals surface area contributed by atoms with Crippen molar-refractivity contribution in [1.82, 2.24) is 15.2 Å². The van der Waals surface area contributed by atoms with E-state index in [2.05, 4.69) is 15.2 Å². The number of ether oxygens (including phenoxy) is 2. The number of carbonyl (C=O) groups is 1. The van der Waals surface area contributed by atoms with E-state index in [1.54, 1.807) is 20.3 Å². The Morgan fingerprint density at radius 2 is 2.00 bits per heavy atom. The summed E-state index contributed by atoms with van der Waals surface area (Å²) in [5.74, 6) is 1.29. The summed E-state index contributed by atoms with van der Waals surface area (Å²) in [5.41, 5.74) is 1.27. The van der Waals surface area contributed by atoms with Crippen molar-refractivity contribution in [3.8, 4) is 11.5 Å². The van der Waals surface area contributed by atoms with Crippen LogP contribution in [-0.4, -0.2) is 49.6 Å². The first-order valence-electron chi connectivity index (χ1n) is 8.83. The van der Waals surface area contributed by atoms with E-state index in [0.29, 0.717) is 42.2 Å². The van der Waals surface area contributed by atoms with Gasteiger partial charge in [-0.3, -0.25) is 14.5 Å². The lowest BCUT2D eigenvalue weighted by atomic mass is 10.1. The number of aromatic nitrogens is 1. The van der Waals surface area contributed by atoms with E-state index in [-0.39, 0.29) is 17.4 Å². The number of nitrogens with zero attached hydrogens (tertiary/aromatic N) is 1. The summed E-state index contributed by atoms with van der Waals surface area (Å²) < 4.78 is 10.6. The molecule has 140 valence electrons. The number of benzene rings is 1. The smallest absolute Gasteiger partial charge is 0.252 e. The van der Waals surface area contributed by atoms with Crippen LogP contribution < -0.4 is 20.3 Å². The van der Waals surface area contributed by atoms with Gasteiger partial charge in [0.25, 0.3) is 5.56 Å². The number of hydrogen-bond donors (Lipinski definition) is 2. The van der Waals surface area contributed by atoms with Gasteiger partial charge in [0.1, 0.15) is 0 Å². The third-order valence-corrected chi connectivity index (χ3v) is 4.81. The molecule has 0 aliphatic carbocycles. The summed E-state index contributed by atoms with van der Waals surface area (Å²) in [7, 11) is 3.15. The van der Waals surface area contributed by atoms with Crippen LogP contribution in [-0.2, 0) is 11.3 Å². The summed E-state index contributed by atoms with van der Waals surface area (Å²) >= 11 is 0. The molecule has 1 saturated heterocycles. The average Bonchev–Trinajstić information content (AvgIpc) is 3.10. The lowest BCUT2D eigenvalue weighted by molar-refractivity contribution is -0.124. The van der Waals surface area contributed by atoms with Gasteiger partial charge in [-0.15, -0.1) is 0 Å². The van der Waals surface area contributed by atoms with E-state index in [1.165, 1.54) is 0 Å². The Balaban J connectivity index is 1.81. The highest BCUT2D eigenvalue weighted by Crippen LogP contribution is 2.31. The number of carbonyl (C=O) groups excluding carboxylic acids is 1. The van der Waals surface area contributed by atoms with Crippen LogP contribution in [0.1, 0.15) is 18.9 Å². The van der Waals surface area contributed by atoms with E-state index < -0.39 is 0 Å². The van der Waals surface area contributed by atoms with E-state index in [1.807, 2.05) is 19.1 Å². The Kier molecular flexibility index (Phi) is 5.46. The van der Waals surface area contributed by atoms with Gasteiger partial charge in [0.15, 0.2) is 11.5 Å². The SMILES string of the molecule is CCNC(=O)[C@@H]1CCN(Cc2cc3cc(OC)c(OC)cc3[nH]c2=O)C1. The summed E-state index contributed by atoms with van der Waals surface area (Å²) in [6.45, 7) is 4.57. The van der Waals surface area contributed by atoms with Gasteiger partial charge in [-0.05, 0) is 32.0 Å². The molecule has 26 heavy (non-hydrogen) atoms. The number of hydrogen-bond acceptors (Lipinski definition) is 5. The van der Waals surface area contributed by atoms with Gasteiger partial charge in [-0.1, -0.05) is 0 Å². The molecular formula is C19H25N3O4. The van der Waals surface area contributed by atoms with Gasteiger partial charge in [-0.2, -0.15) is 0 Å². The number of fused-ring (bicyclic) bond motifs is 1. The van der Waals surface area contributed by atoms with Crippen molar-refractivity contribution in [1.29, 1.82) is 0 Å². The fourth-order valence-electron chi connectivity index (χ4n) is 3.45. The molecule has 2 heterocycles. The molecule has 0 bridgehead atoms. The molecule has 3 rings (SSSR count).